The summed E-state index contributed by atoms with van der Waals surface area (Å²) in [7, 11) is 7.53. The van der Waals surface area contributed by atoms with Crippen molar-refractivity contribution in [2.75, 3.05) is 27.7 Å². The minimum absolute atomic E-state index is 0.0742. The monoisotopic (exact) mass is 328 g/mol. The maximum absolute atomic E-state index is 6.03. The topological polar surface area (TPSA) is 41.8 Å². The molecule has 126 valence electrons. The Balaban J connectivity index is 2.66. The Labute approximate surface area is 139 Å². The van der Waals surface area contributed by atoms with Crippen molar-refractivity contribution in [2.24, 2.45) is 17.5 Å². The molecule has 1 unspecified atom stereocenters. The van der Waals surface area contributed by atoms with Crippen molar-refractivity contribution < 1.29 is 4.74 Å². The minimum atomic E-state index is 0.0742. The van der Waals surface area contributed by atoms with Gasteiger partial charge in [-0.05, 0) is 11.5 Å². The van der Waals surface area contributed by atoms with Gasteiger partial charge in [0.25, 0.3) is 0 Å². The number of aromatic nitrogens is 1. The van der Waals surface area contributed by atoms with Gasteiger partial charge in [-0.1, -0.05) is 32.4 Å². The van der Waals surface area contributed by atoms with Gasteiger partial charge in [-0.3, -0.25) is 4.99 Å². The standard InChI is InChI=1S/C16H29ClN4O/c1-16(2,3)14(22-7)9-19-15(18-4)21(6)11-13-8-12(17)10-20(13)5/h8,10,14H,9,11H2,1-7H3,(H,18,19). The maximum Gasteiger partial charge on any atom is 0.193 e. The van der Waals surface area contributed by atoms with Crippen molar-refractivity contribution in [1.82, 2.24) is 14.8 Å². The smallest absolute Gasteiger partial charge is 0.193 e. The zero-order valence-corrected chi connectivity index (χ0v) is 15.5. The van der Waals surface area contributed by atoms with Crippen LogP contribution in [0.4, 0.5) is 0 Å². The number of aliphatic imine (C=N–C) groups is 1. The number of hydrogen-bond donors (Lipinski definition) is 1. The first-order valence-corrected chi connectivity index (χ1v) is 7.82. The molecule has 0 fully saturated rings. The molecule has 1 aromatic heterocycles. The van der Waals surface area contributed by atoms with Crippen molar-refractivity contribution in [2.45, 2.75) is 33.4 Å². The van der Waals surface area contributed by atoms with Crippen LogP contribution >= 0.6 is 11.6 Å². The molecule has 0 spiro atoms. The van der Waals surface area contributed by atoms with Crippen molar-refractivity contribution in [3.63, 3.8) is 0 Å². The molecule has 1 aromatic rings. The lowest BCUT2D eigenvalue weighted by Gasteiger charge is -2.31. The lowest BCUT2D eigenvalue weighted by atomic mass is 9.89. The normalized spacial score (nSPS) is 14.1. The molecule has 22 heavy (non-hydrogen) atoms. The highest BCUT2D eigenvalue weighted by Gasteiger charge is 2.24. The molecule has 1 N–H and O–H groups in total. The number of halogens is 1. The Morgan fingerprint density at radius 2 is 2.14 bits per heavy atom. The molecule has 0 saturated heterocycles. The van der Waals surface area contributed by atoms with Crippen LogP contribution < -0.4 is 5.32 Å². The fourth-order valence-electron chi connectivity index (χ4n) is 2.35. The summed E-state index contributed by atoms with van der Waals surface area (Å²) >= 11 is 6.03. The second-order valence-corrected chi connectivity index (χ2v) is 7.07. The van der Waals surface area contributed by atoms with E-state index in [-0.39, 0.29) is 11.5 Å². The molecule has 0 aliphatic rings. The quantitative estimate of drug-likeness (QED) is 0.667. The van der Waals surface area contributed by atoms with E-state index >= 15 is 0 Å². The molecular formula is C16H29ClN4O. The number of hydrogen-bond acceptors (Lipinski definition) is 2. The summed E-state index contributed by atoms with van der Waals surface area (Å²) in [5.41, 5.74) is 1.21. The molecule has 0 amide bonds. The Morgan fingerprint density at radius 1 is 1.50 bits per heavy atom. The van der Waals surface area contributed by atoms with Crippen LogP contribution in [-0.4, -0.2) is 49.3 Å². The Bertz CT molecular complexity index is 505. The third-order valence-electron chi connectivity index (χ3n) is 3.74. The zero-order chi connectivity index (χ0) is 16.9. The number of rotatable bonds is 5. The van der Waals surface area contributed by atoms with E-state index in [0.29, 0.717) is 6.54 Å². The third-order valence-corrected chi connectivity index (χ3v) is 3.95. The largest absolute Gasteiger partial charge is 0.379 e. The van der Waals surface area contributed by atoms with Crippen molar-refractivity contribution >= 4 is 17.6 Å². The lowest BCUT2D eigenvalue weighted by molar-refractivity contribution is 0.0202. The molecule has 1 rings (SSSR count). The van der Waals surface area contributed by atoms with Gasteiger partial charge in [0.2, 0.25) is 0 Å². The Hall–Kier alpha value is -1.20. The molecule has 0 aliphatic carbocycles. The van der Waals surface area contributed by atoms with E-state index in [1.54, 1.807) is 14.2 Å². The molecule has 0 aromatic carbocycles. The van der Waals surface area contributed by atoms with Crippen LogP contribution in [0.5, 0.6) is 0 Å². The minimum Gasteiger partial charge on any atom is -0.379 e. The van der Waals surface area contributed by atoms with E-state index in [1.807, 2.05) is 30.9 Å². The molecule has 6 heteroatoms. The highest BCUT2D eigenvalue weighted by molar-refractivity contribution is 6.30. The van der Waals surface area contributed by atoms with Crippen molar-refractivity contribution in [3.05, 3.63) is 23.0 Å². The number of ether oxygens (including phenoxy) is 1. The van der Waals surface area contributed by atoms with Crippen molar-refractivity contribution in [3.8, 4) is 0 Å². The molecule has 0 saturated carbocycles. The maximum atomic E-state index is 6.03. The van der Waals surface area contributed by atoms with Crippen LogP contribution in [-0.2, 0) is 18.3 Å². The van der Waals surface area contributed by atoms with Crippen molar-refractivity contribution in [1.29, 1.82) is 0 Å². The average molecular weight is 329 g/mol. The summed E-state index contributed by atoms with van der Waals surface area (Å²) in [6, 6.07) is 1.97. The summed E-state index contributed by atoms with van der Waals surface area (Å²) in [6.45, 7) is 7.95. The third kappa shape index (κ3) is 5.21. The van der Waals surface area contributed by atoms with E-state index in [9.17, 15) is 0 Å². The fourth-order valence-corrected chi connectivity index (χ4v) is 2.63. The van der Waals surface area contributed by atoms with Gasteiger partial charge in [0.15, 0.2) is 5.96 Å². The summed E-state index contributed by atoms with van der Waals surface area (Å²) in [6.07, 6.45) is 2.02. The average Bonchev–Trinajstić information content (AvgIpc) is 2.71. The first-order chi connectivity index (χ1) is 10.2. The number of nitrogens with one attached hydrogen (secondary N) is 1. The van der Waals surface area contributed by atoms with E-state index in [1.165, 1.54) is 0 Å². The van der Waals surface area contributed by atoms with Crippen LogP contribution in [0, 0.1) is 5.41 Å². The van der Waals surface area contributed by atoms with E-state index in [4.69, 9.17) is 16.3 Å². The predicted molar refractivity (Wildman–Crippen MR) is 93.5 cm³/mol. The first-order valence-electron chi connectivity index (χ1n) is 7.44. The second-order valence-electron chi connectivity index (χ2n) is 6.64. The molecular weight excluding hydrogens is 300 g/mol. The zero-order valence-electron chi connectivity index (χ0n) is 14.8. The summed E-state index contributed by atoms with van der Waals surface area (Å²) in [4.78, 5) is 6.41. The van der Waals surface area contributed by atoms with Gasteiger partial charge in [-0.25, -0.2) is 0 Å². The summed E-state index contributed by atoms with van der Waals surface area (Å²) < 4.78 is 7.60. The van der Waals surface area contributed by atoms with Gasteiger partial charge in [0, 0.05) is 46.7 Å². The fraction of sp³-hybridized carbons (Fsp3) is 0.688. The highest BCUT2D eigenvalue weighted by atomic mass is 35.5. The van der Waals surface area contributed by atoms with E-state index < -0.39 is 0 Å². The number of nitrogens with zero attached hydrogens (tertiary/aromatic N) is 3. The predicted octanol–water partition coefficient (Wildman–Crippen LogP) is 2.75. The Kier molecular flexibility index (Phi) is 6.75. The molecule has 0 radical (unpaired) electrons. The molecule has 0 aliphatic heterocycles. The molecule has 0 bridgehead atoms. The molecule has 1 atom stereocenters. The van der Waals surface area contributed by atoms with Crippen LogP contribution in [0.15, 0.2) is 17.3 Å². The SMILES string of the molecule is CN=C(NCC(OC)C(C)(C)C)N(C)Cc1cc(Cl)cn1C. The summed E-state index contributed by atoms with van der Waals surface area (Å²) in [5, 5.41) is 4.13. The van der Waals surface area contributed by atoms with Gasteiger partial charge in [0.05, 0.1) is 17.7 Å². The van der Waals surface area contributed by atoms with Crippen LogP contribution in [0.2, 0.25) is 5.02 Å². The van der Waals surface area contributed by atoms with Crippen LogP contribution in [0.25, 0.3) is 0 Å². The van der Waals surface area contributed by atoms with Crippen LogP contribution in [0.3, 0.4) is 0 Å². The molecule has 5 nitrogen and oxygen atoms in total. The number of guanidine groups is 1. The Morgan fingerprint density at radius 3 is 2.55 bits per heavy atom. The second kappa shape index (κ2) is 7.88. The summed E-state index contributed by atoms with van der Waals surface area (Å²) in [5.74, 6) is 0.837. The first kappa shape index (κ1) is 18.8. The van der Waals surface area contributed by atoms with Crippen LogP contribution in [0.1, 0.15) is 26.5 Å². The number of aryl methyl sites for hydroxylation is 1. The lowest BCUT2D eigenvalue weighted by Crippen LogP contribution is -2.45. The highest BCUT2D eigenvalue weighted by Crippen LogP contribution is 2.21. The van der Waals surface area contributed by atoms with Gasteiger partial charge in [-0.15, -0.1) is 0 Å². The number of methoxy groups -OCH3 is 1. The van der Waals surface area contributed by atoms with Gasteiger partial charge in [0.1, 0.15) is 0 Å². The van der Waals surface area contributed by atoms with Gasteiger partial charge < -0.3 is 19.5 Å². The molecule has 1 heterocycles. The van der Waals surface area contributed by atoms with E-state index in [0.717, 1.165) is 23.2 Å². The van der Waals surface area contributed by atoms with Gasteiger partial charge in [-0.2, -0.15) is 0 Å². The van der Waals surface area contributed by atoms with E-state index in [2.05, 4.69) is 36.0 Å². The van der Waals surface area contributed by atoms with Gasteiger partial charge >= 0.3 is 0 Å².